The van der Waals surface area contributed by atoms with Gasteiger partial charge in [0.05, 0.1) is 24.0 Å². The summed E-state index contributed by atoms with van der Waals surface area (Å²) in [4.78, 5) is 83.9. The van der Waals surface area contributed by atoms with Crippen LogP contribution in [0.1, 0.15) is 69.9 Å². The molecule has 12 rings (SSSR count). The number of carbonyl (C=O) groups is 6. The van der Waals surface area contributed by atoms with E-state index in [-0.39, 0.29) is 100 Å². The molecular formula is C62H63ClF2N12O7S3. The molecule has 3 amide bonds. The number of benzene rings is 4. The van der Waals surface area contributed by atoms with Gasteiger partial charge in [0.2, 0.25) is 17.7 Å². The summed E-state index contributed by atoms with van der Waals surface area (Å²) in [7, 11) is 0. The van der Waals surface area contributed by atoms with E-state index in [4.69, 9.17) is 5.11 Å². The maximum absolute atomic E-state index is 14.5. The van der Waals surface area contributed by atoms with Crippen molar-refractivity contribution in [3.63, 3.8) is 0 Å². The van der Waals surface area contributed by atoms with Crippen molar-refractivity contribution in [2.75, 3.05) is 13.1 Å². The molecule has 2 aliphatic rings. The third kappa shape index (κ3) is 15.9. The van der Waals surface area contributed by atoms with Crippen LogP contribution in [0.25, 0.3) is 55.4 Å². The van der Waals surface area contributed by atoms with E-state index in [0.29, 0.717) is 40.6 Å². The van der Waals surface area contributed by atoms with Gasteiger partial charge in [-0.3, -0.25) is 28.8 Å². The molecule has 452 valence electrons. The zero-order valence-electron chi connectivity index (χ0n) is 47.7. The van der Waals surface area contributed by atoms with Crippen molar-refractivity contribution in [2.24, 2.45) is 0 Å². The SMILES string of the molecule is CC(=O)c1cn(CC(=O)N2C[C@H](F)C[C@H]2C(=O)NCc2ccccc2)c2ccc(-c3cnc4cc(C)nn4c3)cc12.CC(=O)c1cn(CC(=O)O)c2ccc(-c3cnc4cc(C)nn4c3)cc12.Cl.O=C(NCc1ccccc1)[C@@H]1C[C@@H](F)CN1.S.S=S. The molecule has 0 bridgehead atoms. The Morgan fingerprint density at radius 1 is 0.621 bits per heavy atom. The van der Waals surface area contributed by atoms with Crippen LogP contribution in [0.5, 0.6) is 0 Å². The molecule has 4 N–H and O–H groups in total. The molecule has 2 fully saturated rings. The molecule has 19 nitrogen and oxygen atoms in total. The number of amides is 3. The van der Waals surface area contributed by atoms with Gasteiger partial charge in [-0.1, -0.05) is 72.8 Å². The Morgan fingerprint density at radius 2 is 1.09 bits per heavy atom. The van der Waals surface area contributed by atoms with Crippen LogP contribution in [0.2, 0.25) is 0 Å². The molecule has 2 saturated heterocycles. The summed E-state index contributed by atoms with van der Waals surface area (Å²) in [5, 5.41) is 27.8. The Hall–Kier alpha value is -8.68. The van der Waals surface area contributed by atoms with Crippen LogP contribution < -0.4 is 16.0 Å². The van der Waals surface area contributed by atoms with Gasteiger partial charge in [0.1, 0.15) is 31.5 Å². The molecule has 25 heteroatoms. The van der Waals surface area contributed by atoms with Gasteiger partial charge in [-0.2, -0.15) is 23.7 Å². The minimum Gasteiger partial charge on any atom is -0.480 e. The maximum atomic E-state index is 14.5. The second kappa shape index (κ2) is 29.6. The summed E-state index contributed by atoms with van der Waals surface area (Å²) in [6.45, 7) is 7.38. The van der Waals surface area contributed by atoms with Crippen molar-refractivity contribution in [1.82, 2.24) is 59.2 Å². The highest BCUT2D eigenvalue weighted by atomic mass is 35.5. The molecule has 4 atom stereocenters. The molecule has 0 saturated carbocycles. The summed E-state index contributed by atoms with van der Waals surface area (Å²) in [6, 6.07) is 32.9. The van der Waals surface area contributed by atoms with Gasteiger partial charge < -0.3 is 35.1 Å². The van der Waals surface area contributed by atoms with Crippen molar-refractivity contribution in [1.29, 1.82) is 0 Å². The largest absolute Gasteiger partial charge is 0.480 e. The van der Waals surface area contributed by atoms with Crippen LogP contribution in [0.15, 0.2) is 146 Å². The van der Waals surface area contributed by atoms with E-state index >= 15 is 0 Å². The normalized spacial score (nSPS) is 15.9. The molecule has 6 aromatic heterocycles. The zero-order valence-corrected chi connectivity index (χ0v) is 51.2. The molecule has 87 heavy (non-hydrogen) atoms. The fraction of sp³-hybridized carbons (Fsp3) is 0.258. The predicted octanol–water partition coefficient (Wildman–Crippen LogP) is 8.60. The summed E-state index contributed by atoms with van der Waals surface area (Å²) in [5.41, 5.74) is 11.0. The lowest BCUT2D eigenvalue weighted by Gasteiger charge is -2.24. The van der Waals surface area contributed by atoms with Crippen LogP contribution in [0.3, 0.4) is 0 Å². The number of carbonyl (C=O) groups excluding carboxylic acids is 5. The third-order valence-electron chi connectivity index (χ3n) is 14.6. The van der Waals surface area contributed by atoms with Gasteiger partial charge in [-0.25, -0.2) is 27.8 Å². The number of Topliss-reactive ketones (excluding diaryl/α,β-unsaturated/α-hetero) is 2. The first-order valence-corrected chi connectivity index (χ1v) is 28.5. The minimum absolute atomic E-state index is 0. The van der Waals surface area contributed by atoms with Crippen LogP contribution in [0, 0.1) is 13.8 Å². The van der Waals surface area contributed by atoms with Crippen LogP contribution in [0.4, 0.5) is 8.78 Å². The van der Waals surface area contributed by atoms with E-state index in [1.807, 2.05) is 135 Å². The molecule has 2 aliphatic heterocycles. The Morgan fingerprint density at radius 3 is 1.54 bits per heavy atom. The van der Waals surface area contributed by atoms with Crippen molar-refractivity contribution < 1.29 is 42.7 Å². The average Bonchev–Trinajstić information content (AvgIpc) is 2.11. The number of carboxylic acids is 1. The van der Waals surface area contributed by atoms with Crippen molar-refractivity contribution >= 4 is 117 Å². The van der Waals surface area contributed by atoms with Crippen molar-refractivity contribution in [3.8, 4) is 22.3 Å². The number of hydrogen-bond donors (Lipinski definition) is 4. The number of carboxylic acid groups (broad SMARTS) is 1. The van der Waals surface area contributed by atoms with Gasteiger partial charge >= 0.3 is 5.97 Å². The fourth-order valence-corrected chi connectivity index (χ4v) is 10.5. The molecule has 0 unspecified atom stereocenters. The molecule has 0 radical (unpaired) electrons. The van der Waals surface area contributed by atoms with Gasteiger partial charge in [0, 0.05) is 148 Å². The van der Waals surface area contributed by atoms with E-state index in [1.165, 1.54) is 18.7 Å². The van der Waals surface area contributed by atoms with Crippen LogP contribution in [-0.2, 0) is 67.7 Å². The van der Waals surface area contributed by atoms with E-state index < -0.39 is 24.4 Å². The lowest BCUT2D eigenvalue weighted by molar-refractivity contribution is -0.139. The monoisotopic (exact) mass is 1260 g/mol. The number of aryl methyl sites for hydroxylation is 2. The van der Waals surface area contributed by atoms with E-state index in [9.17, 15) is 37.5 Å². The first kappa shape index (κ1) is 65.9. The molecule has 0 spiro atoms. The lowest BCUT2D eigenvalue weighted by atomic mass is 10.0. The highest BCUT2D eigenvalue weighted by Crippen LogP contribution is 2.31. The quantitative estimate of drug-likeness (QED) is 0.0747. The highest BCUT2D eigenvalue weighted by Gasteiger charge is 2.40. The predicted molar refractivity (Wildman–Crippen MR) is 340 cm³/mol. The topological polar surface area (TPSA) is 232 Å². The number of nitrogens with one attached hydrogen (secondary N) is 3. The summed E-state index contributed by atoms with van der Waals surface area (Å²) in [6.07, 6.45) is 8.60. The summed E-state index contributed by atoms with van der Waals surface area (Å²) < 4.78 is 34.0. The second-order valence-corrected chi connectivity index (χ2v) is 20.8. The third-order valence-corrected chi connectivity index (χ3v) is 14.6. The number of likely N-dealkylation sites (tertiary alicyclic amines) is 1. The zero-order chi connectivity index (χ0) is 60.5. The number of nitrogens with zero attached hydrogens (tertiary/aromatic N) is 9. The lowest BCUT2D eigenvalue weighted by Crippen LogP contribution is -2.46. The van der Waals surface area contributed by atoms with Crippen LogP contribution >= 0.6 is 25.9 Å². The molecule has 10 aromatic rings. The van der Waals surface area contributed by atoms with Crippen LogP contribution in [-0.4, -0.2) is 121 Å². The molecule has 8 heterocycles. The first-order chi connectivity index (χ1) is 40.9. The standard InChI is InChI=1S/C31H29FN6O3.C19H16N4O3.C12H15FN2O.ClH.S2.H2S/c1-19-10-29-33-14-23(15-38(29)35-19)22-8-9-27-25(11-22)26(20(2)39)17-36(27)18-30(40)37-16-24(32)12-28(37)31(41)34-13-21-6-4-3-5-7-21;1-11-5-18-20-7-14(8-23(18)21-11)13-3-4-17-15(6-13)16(12(2)24)9-22(17)10-19(25)26;13-10-6-11(14-8-10)12(16)15-7-9-4-2-1-3-5-9;;1-2;/h3-11,14-15,17,24,28H,12-13,16,18H2,1-2H3,(H,34,41);3-9H,10H2,1-2H3,(H,25,26);1-5,10-11,14H,6-8H2,(H,15,16);1H;;1H2/t24-,28+;;10-,11+;;;/m1.1.../s1. The Balaban J connectivity index is 0.000000201. The molecular weight excluding hydrogens is 1190 g/mol. The van der Waals surface area contributed by atoms with E-state index in [1.54, 1.807) is 43.0 Å². The number of ketones is 2. The van der Waals surface area contributed by atoms with Crippen molar-refractivity contribution in [2.45, 2.75) is 91.1 Å². The first-order valence-electron chi connectivity index (χ1n) is 27.2. The smallest absolute Gasteiger partial charge is 0.323 e. The molecule has 0 aliphatic carbocycles. The summed E-state index contributed by atoms with van der Waals surface area (Å²) in [5.74, 6) is -2.09. The minimum atomic E-state index is -1.28. The van der Waals surface area contributed by atoms with E-state index in [0.717, 1.165) is 61.4 Å². The number of aliphatic carboxylic acids is 1. The Bertz CT molecular complexity index is 4130. The highest BCUT2D eigenvalue weighted by molar-refractivity contribution is 8.07. The average molecular weight is 1260 g/mol. The van der Waals surface area contributed by atoms with Gasteiger partial charge in [-0.15, -0.1) is 12.4 Å². The second-order valence-electron chi connectivity index (χ2n) is 20.8. The molecule has 4 aromatic carbocycles. The number of halogens is 3. The Labute approximate surface area is 522 Å². The number of aromatic nitrogens is 8. The number of hydrogen-bond acceptors (Lipinski definition) is 13. The van der Waals surface area contributed by atoms with Gasteiger partial charge in [-0.05, 0) is 74.2 Å². The van der Waals surface area contributed by atoms with E-state index in [2.05, 4.69) is 58.5 Å². The van der Waals surface area contributed by atoms with Gasteiger partial charge in [0.15, 0.2) is 22.9 Å². The number of fused-ring (bicyclic) bond motifs is 4. The maximum Gasteiger partial charge on any atom is 0.323 e. The van der Waals surface area contributed by atoms with Crippen molar-refractivity contribution in [3.05, 3.63) is 180 Å². The van der Waals surface area contributed by atoms with Gasteiger partial charge in [0.25, 0.3) is 0 Å². The number of rotatable bonds is 14. The number of alkyl halides is 2. The summed E-state index contributed by atoms with van der Waals surface area (Å²) >= 11 is 7.33. The Kier molecular flexibility index (Phi) is 22.4. The fourth-order valence-electron chi connectivity index (χ4n) is 10.5.